The molecule has 4 heteroatoms. The van der Waals surface area contributed by atoms with Gasteiger partial charge >= 0.3 is 0 Å². The predicted octanol–water partition coefficient (Wildman–Crippen LogP) is 3.12. The van der Waals surface area contributed by atoms with Gasteiger partial charge in [0.15, 0.2) is 0 Å². The van der Waals surface area contributed by atoms with E-state index in [0.29, 0.717) is 12.0 Å². The van der Waals surface area contributed by atoms with Crippen LogP contribution in [0.2, 0.25) is 0 Å². The zero-order valence-electron chi connectivity index (χ0n) is 9.05. The molecule has 84 valence electrons. The Bertz CT molecular complexity index is 333. The highest BCUT2D eigenvalue weighted by atomic mass is 79.9. The van der Waals surface area contributed by atoms with Gasteiger partial charge in [0.25, 0.3) is 0 Å². The highest BCUT2D eigenvalue weighted by molar-refractivity contribution is 9.11. The number of hydrogen-bond donors (Lipinski definition) is 1. The third-order valence-electron chi connectivity index (χ3n) is 3.01. The summed E-state index contributed by atoms with van der Waals surface area (Å²) in [6.45, 7) is 3.98. The SMILES string of the molecule is CNC(c1cc(Br)sc1C)C1CCOC1. The van der Waals surface area contributed by atoms with Gasteiger partial charge < -0.3 is 10.1 Å². The van der Waals surface area contributed by atoms with Crippen molar-refractivity contribution in [1.82, 2.24) is 5.32 Å². The summed E-state index contributed by atoms with van der Waals surface area (Å²) in [7, 11) is 2.04. The predicted molar refractivity (Wildman–Crippen MR) is 67.5 cm³/mol. The first kappa shape index (κ1) is 11.6. The van der Waals surface area contributed by atoms with Gasteiger partial charge in [0.05, 0.1) is 10.4 Å². The van der Waals surface area contributed by atoms with Gasteiger partial charge in [-0.1, -0.05) is 0 Å². The number of rotatable bonds is 3. The highest BCUT2D eigenvalue weighted by Gasteiger charge is 2.27. The van der Waals surface area contributed by atoms with Crippen molar-refractivity contribution in [3.05, 3.63) is 20.3 Å². The normalized spacial score (nSPS) is 23.3. The van der Waals surface area contributed by atoms with Crippen LogP contribution < -0.4 is 5.32 Å². The first-order valence-corrected chi connectivity index (χ1v) is 6.84. The lowest BCUT2D eigenvalue weighted by Crippen LogP contribution is -2.25. The third-order valence-corrected chi connectivity index (χ3v) is 4.58. The van der Waals surface area contributed by atoms with Crippen molar-refractivity contribution in [1.29, 1.82) is 0 Å². The van der Waals surface area contributed by atoms with Crippen LogP contribution in [0.4, 0.5) is 0 Å². The molecular weight excluding hydrogens is 274 g/mol. The number of nitrogens with one attached hydrogen (secondary N) is 1. The summed E-state index contributed by atoms with van der Waals surface area (Å²) in [5, 5.41) is 3.42. The fourth-order valence-corrected chi connectivity index (χ4v) is 3.99. The van der Waals surface area contributed by atoms with Crippen LogP contribution >= 0.6 is 27.3 Å². The van der Waals surface area contributed by atoms with E-state index in [1.54, 1.807) is 0 Å². The molecule has 1 fully saturated rings. The fraction of sp³-hybridized carbons (Fsp3) is 0.636. The Morgan fingerprint density at radius 3 is 2.93 bits per heavy atom. The largest absolute Gasteiger partial charge is 0.381 e. The number of halogens is 1. The van der Waals surface area contributed by atoms with E-state index in [1.807, 2.05) is 18.4 Å². The maximum atomic E-state index is 5.46. The molecule has 1 saturated heterocycles. The molecule has 0 aliphatic carbocycles. The minimum atomic E-state index is 0.440. The highest BCUT2D eigenvalue weighted by Crippen LogP contribution is 2.36. The van der Waals surface area contributed by atoms with Crippen LogP contribution in [-0.4, -0.2) is 20.3 Å². The zero-order valence-corrected chi connectivity index (χ0v) is 11.5. The second-order valence-corrected chi connectivity index (χ2v) is 6.59. The van der Waals surface area contributed by atoms with E-state index in [9.17, 15) is 0 Å². The molecule has 1 aliphatic rings. The maximum absolute atomic E-state index is 5.46. The van der Waals surface area contributed by atoms with Gasteiger partial charge in [0.1, 0.15) is 0 Å². The van der Waals surface area contributed by atoms with Gasteiger partial charge in [-0.3, -0.25) is 0 Å². The average Bonchev–Trinajstić information content (AvgIpc) is 2.79. The average molecular weight is 290 g/mol. The van der Waals surface area contributed by atoms with Crippen LogP contribution in [0, 0.1) is 12.8 Å². The van der Waals surface area contributed by atoms with Crippen LogP contribution in [0.1, 0.15) is 22.9 Å². The Morgan fingerprint density at radius 2 is 2.47 bits per heavy atom. The standard InChI is InChI=1S/C11H16BrNOS/c1-7-9(5-10(12)15-7)11(13-2)8-3-4-14-6-8/h5,8,11,13H,3-4,6H2,1-2H3. The topological polar surface area (TPSA) is 21.3 Å². The molecule has 0 radical (unpaired) electrons. The van der Waals surface area contributed by atoms with Gasteiger partial charge in [0, 0.05) is 23.4 Å². The Kier molecular flexibility index (Phi) is 3.83. The lowest BCUT2D eigenvalue weighted by Gasteiger charge is -2.21. The van der Waals surface area contributed by atoms with E-state index in [2.05, 4.69) is 34.2 Å². The maximum Gasteiger partial charge on any atom is 0.0704 e. The molecule has 1 aromatic heterocycles. The van der Waals surface area contributed by atoms with Gasteiger partial charge in [-0.25, -0.2) is 0 Å². The summed E-state index contributed by atoms with van der Waals surface area (Å²) in [5.74, 6) is 0.621. The molecule has 0 amide bonds. The first-order chi connectivity index (χ1) is 7.22. The number of ether oxygens (including phenoxy) is 1. The molecule has 2 atom stereocenters. The van der Waals surface area contributed by atoms with Crippen LogP contribution in [0.15, 0.2) is 9.85 Å². The molecular formula is C11H16BrNOS. The number of aryl methyl sites for hydroxylation is 1. The van der Waals surface area contributed by atoms with Crippen molar-refractivity contribution in [2.75, 3.05) is 20.3 Å². The molecule has 0 spiro atoms. The van der Waals surface area contributed by atoms with Gasteiger partial charge in [-0.2, -0.15) is 0 Å². The Labute approximate surface area is 103 Å². The first-order valence-electron chi connectivity index (χ1n) is 5.23. The number of thiophene rings is 1. The molecule has 15 heavy (non-hydrogen) atoms. The smallest absolute Gasteiger partial charge is 0.0704 e. The monoisotopic (exact) mass is 289 g/mol. The fourth-order valence-electron chi connectivity index (χ4n) is 2.23. The van der Waals surface area contributed by atoms with E-state index >= 15 is 0 Å². The second kappa shape index (κ2) is 4.95. The molecule has 2 nitrogen and oxygen atoms in total. The Balaban J connectivity index is 2.21. The molecule has 1 aromatic rings. The summed E-state index contributed by atoms with van der Waals surface area (Å²) in [4.78, 5) is 1.40. The third kappa shape index (κ3) is 2.44. The quantitative estimate of drug-likeness (QED) is 0.923. The van der Waals surface area contributed by atoms with Crippen molar-refractivity contribution in [2.24, 2.45) is 5.92 Å². The summed E-state index contributed by atoms with van der Waals surface area (Å²) in [6, 6.07) is 2.68. The van der Waals surface area contributed by atoms with Gasteiger partial charge in [-0.05, 0) is 48.0 Å². The summed E-state index contributed by atoms with van der Waals surface area (Å²) >= 11 is 5.36. The van der Waals surface area contributed by atoms with Gasteiger partial charge in [0.2, 0.25) is 0 Å². The van der Waals surface area contributed by atoms with Crippen molar-refractivity contribution in [3.63, 3.8) is 0 Å². The summed E-state index contributed by atoms with van der Waals surface area (Å²) in [5.41, 5.74) is 1.42. The Hall–Kier alpha value is 0.1000. The van der Waals surface area contributed by atoms with Crippen LogP contribution in [-0.2, 0) is 4.74 Å². The van der Waals surface area contributed by atoms with Crippen molar-refractivity contribution in [2.45, 2.75) is 19.4 Å². The summed E-state index contributed by atoms with van der Waals surface area (Å²) in [6.07, 6.45) is 1.17. The Morgan fingerprint density at radius 1 is 1.67 bits per heavy atom. The lowest BCUT2D eigenvalue weighted by molar-refractivity contribution is 0.178. The van der Waals surface area contributed by atoms with Crippen molar-refractivity contribution in [3.8, 4) is 0 Å². The van der Waals surface area contributed by atoms with Crippen molar-refractivity contribution >= 4 is 27.3 Å². The minimum absolute atomic E-state index is 0.440. The van der Waals surface area contributed by atoms with E-state index in [-0.39, 0.29) is 0 Å². The van der Waals surface area contributed by atoms with Gasteiger partial charge in [-0.15, -0.1) is 11.3 Å². The molecule has 2 heterocycles. The summed E-state index contributed by atoms with van der Waals surface area (Å²) < 4.78 is 6.68. The zero-order chi connectivity index (χ0) is 10.8. The van der Waals surface area contributed by atoms with E-state index in [4.69, 9.17) is 4.74 Å². The van der Waals surface area contributed by atoms with Crippen molar-refractivity contribution < 1.29 is 4.74 Å². The molecule has 1 N–H and O–H groups in total. The minimum Gasteiger partial charge on any atom is -0.381 e. The second-order valence-electron chi connectivity index (χ2n) is 3.95. The van der Waals surface area contributed by atoms with E-state index in [0.717, 1.165) is 13.2 Å². The van der Waals surface area contributed by atoms with E-state index in [1.165, 1.54) is 20.6 Å². The van der Waals surface area contributed by atoms with E-state index < -0.39 is 0 Å². The molecule has 1 aliphatic heterocycles. The number of hydrogen-bond acceptors (Lipinski definition) is 3. The molecule has 0 aromatic carbocycles. The molecule has 2 rings (SSSR count). The van der Waals surface area contributed by atoms with Crippen LogP contribution in [0.3, 0.4) is 0 Å². The lowest BCUT2D eigenvalue weighted by atomic mass is 9.93. The molecule has 0 saturated carbocycles. The van der Waals surface area contributed by atoms with Crippen LogP contribution in [0.25, 0.3) is 0 Å². The molecule has 2 unspecified atom stereocenters. The van der Waals surface area contributed by atoms with Crippen LogP contribution in [0.5, 0.6) is 0 Å². The molecule has 0 bridgehead atoms.